The fourth-order valence-corrected chi connectivity index (χ4v) is 0.214. The van der Waals surface area contributed by atoms with E-state index in [0.29, 0.717) is 0 Å². The van der Waals surface area contributed by atoms with Crippen LogP contribution in [0.1, 0.15) is 19.8 Å². The molecule has 0 amide bonds. The van der Waals surface area contributed by atoms with Gasteiger partial charge in [0, 0.05) is 0 Å². The number of hydrogen-bond acceptors (Lipinski definition) is 4. The third-order valence-electron chi connectivity index (χ3n) is 0.553. The Kier molecular flexibility index (Phi) is 8.92. The highest BCUT2D eigenvalue weighted by atomic mass is 16.5. The molecule has 0 radical (unpaired) electrons. The fraction of sp³-hybridized carbons (Fsp3) is 0.667. The summed E-state index contributed by atoms with van der Waals surface area (Å²) in [5.74, 6) is -2.15. The maximum Gasteiger partial charge on any atom is 0.303 e. The molecule has 0 aliphatic heterocycles. The minimum atomic E-state index is -1.17. The third-order valence-corrected chi connectivity index (χ3v) is 0.553. The molecule has 0 atom stereocenters. The van der Waals surface area contributed by atoms with Gasteiger partial charge in [0.2, 0.25) is 0 Å². The molecule has 0 unspecified atom stereocenters. The average molecular weight is 180 g/mol. The van der Waals surface area contributed by atoms with E-state index < -0.39 is 18.2 Å². The zero-order chi connectivity index (χ0) is 10.1. The van der Waals surface area contributed by atoms with Crippen LogP contribution in [0.25, 0.3) is 0 Å². The Labute approximate surface area is 69.1 Å². The number of hydrogen-bond donors (Lipinski definition) is 4. The predicted molar refractivity (Wildman–Crippen MR) is 38.4 cm³/mol. The molecule has 12 heavy (non-hydrogen) atoms. The van der Waals surface area contributed by atoms with E-state index in [0.717, 1.165) is 0 Å². The molecular weight excluding hydrogens is 168 g/mol. The van der Waals surface area contributed by atoms with Crippen molar-refractivity contribution in [3.63, 3.8) is 0 Å². The molecule has 0 aromatic carbocycles. The standard InChI is InChI=1S/C4H6O4.C2H6O2/c5-3(6)1-2-4(7)8;1-2(3)4/h1-2H2,(H,5,6)(H,7,8);2-4H,1H3. The Bertz CT molecular complexity index is 124. The summed E-state index contributed by atoms with van der Waals surface area (Å²) >= 11 is 0. The second-order valence-corrected chi connectivity index (χ2v) is 1.92. The lowest BCUT2D eigenvalue weighted by Gasteiger charge is -1.85. The van der Waals surface area contributed by atoms with Crippen molar-refractivity contribution in [2.45, 2.75) is 26.1 Å². The van der Waals surface area contributed by atoms with E-state index in [1.165, 1.54) is 6.92 Å². The summed E-state index contributed by atoms with van der Waals surface area (Å²) < 4.78 is 0. The van der Waals surface area contributed by atoms with Gasteiger partial charge in [-0.2, -0.15) is 0 Å². The van der Waals surface area contributed by atoms with Crippen molar-refractivity contribution in [2.75, 3.05) is 0 Å². The first-order valence-corrected chi connectivity index (χ1v) is 3.16. The first-order chi connectivity index (χ1) is 5.36. The first kappa shape index (κ1) is 13.4. The van der Waals surface area contributed by atoms with E-state index in [1.54, 1.807) is 0 Å². The minimum Gasteiger partial charge on any atom is -0.481 e. The third kappa shape index (κ3) is 36.7. The molecule has 0 aliphatic rings. The highest BCUT2D eigenvalue weighted by molar-refractivity contribution is 5.75. The number of rotatable bonds is 3. The van der Waals surface area contributed by atoms with Gasteiger partial charge in [0.15, 0.2) is 0 Å². The number of aliphatic hydroxyl groups is 2. The lowest BCUT2D eigenvalue weighted by atomic mass is 10.3. The van der Waals surface area contributed by atoms with Crippen LogP contribution in [0.5, 0.6) is 0 Å². The SMILES string of the molecule is CC(O)O.O=C(O)CCC(=O)O. The number of aliphatic carboxylic acids is 2. The molecule has 0 rings (SSSR count). The average Bonchev–Trinajstić information content (AvgIpc) is 1.82. The highest BCUT2D eigenvalue weighted by Crippen LogP contribution is 1.86. The molecule has 72 valence electrons. The zero-order valence-corrected chi connectivity index (χ0v) is 6.60. The smallest absolute Gasteiger partial charge is 0.303 e. The van der Waals surface area contributed by atoms with Gasteiger partial charge >= 0.3 is 11.9 Å². The molecule has 0 heterocycles. The summed E-state index contributed by atoms with van der Waals surface area (Å²) in [6.45, 7) is 1.28. The van der Waals surface area contributed by atoms with Crippen LogP contribution in [0.4, 0.5) is 0 Å². The number of carbonyl (C=O) groups is 2. The van der Waals surface area contributed by atoms with Crippen LogP contribution in [-0.2, 0) is 9.59 Å². The molecule has 0 bridgehead atoms. The van der Waals surface area contributed by atoms with E-state index in [-0.39, 0.29) is 12.8 Å². The molecule has 4 N–H and O–H groups in total. The summed E-state index contributed by atoms with van der Waals surface area (Å²) in [6.07, 6.45) is -1.76. The number of aliphatic hydroxyl groups excluding tert-OH is 1. The summed E-state index contributed by atoms with van der Waals surface area (Å²) in [6, 6.07) is 0. The molecular formula is C6H12O6. The Hall–Kier alpha value is -1.14. The van der Waals surface area contributed by atoms with Crippen LogP contribution >= 0.6 is 0 Å². The maximum atomic E-state index is 9.64. The topological polar surface area (TPSA) is 115 Å². The van der Waals surface area contributed by atoms with E-state index in [9.17, 15) is 9.59 Å². The van der Waals surface area contributed by atoms with Crippen LogP contribution < -0.4 is 0 Å². The molecule has 0 aromatic heterocycles. The van der Waals surface area contributed by atoms with Crippen LogP contribution in [0.15, 0.2) is 0 Å². The van der Waals surface area contributed by atoms with E-state index in [1.807, 2.05) is 0 Å². The van der Waals surface area contributed by atoms with E-state index >= 15 is 0 Å². The van der Waals surface area contributed by atoms with Crippen molar-refractivity contribution >= 4 is 11.9 Å². The molecule has 6 nitrogen and oxygen atoms in total. The van der Waals surface area contributed by atoms with Crippen LogP contribution in [0.2, 0.25) is 0 Å². The van der Waals surface area contributed by atoms with Crippen molar-refractivity contribution in [1.82, 2.24) is 0 Å². The quantitative estimate of drug-likeness (QED) is 0.425. The Balaban J connectivity index is 0. The van der Waals surface area contributed by atoms with Gasteiger partial charge in [-0.15, -0.1) is 0 Å². The van der Waals surface area contributed by atoms with Gasteiger partial charge in [-0.05, 0) is 6.92 Å². The van der Waals surface area contributed by atoms with Gasteiger partial charge in [-0.1, -0.05) is 0 Å². The lowest BCUT2D eigenvalue weighted by molar-refractivity contribution is -0.143. The molecule has 0 spiro atoms. The fourth-order valence-electron chi connectivity index (χ4n) is 0.214. The van der Waals surface area contributed by atoms with Crippen LogP contribution in [0, 0.1) is 0 Å². The van der Waals surface area contributed by atoms with Gasteiger partial charge in [0.1, 0.15) is 6.29 Å². The van der Waals surface area contributed by atoms with Crippen LogP contribution in [0.3, 0.4) is 0 Å². The van der Waals surface area contributed by atoms with Gasteiger partial charge in [0.05, 0.1) is 12.8 Å². The number of carboxylic acid groups (broad SMARTS) is 2. The highest BCUT2D eigenvalue weighted by Gasteiger charge is 2.00. The molecule has 0 saturated carbocycles. The normalized spacial score (nSPS) is 8.67. The summed E-state index contributed by atoms with van der Waals surface area (Å²) in [7, 11) is 0. The lowest BCUT2D eigenvalue weighted by Crippen LogP contribution is -2.00. The molecule has 0 fully saturated rings. The van der Waals surface area contributed by atoms with E-state index in [2.05, 4.69) is 0 Å². The summed E-state index contributed by atoms with van der Waals surface area (Å²) in [5.41, 5.74) is 0. The maximum absolute atomic E-state index is 9.64. The van der Waals surface area contributed by atoms with Gasteiger partial charge in [0.25, 0.3) is 0 Å². The van der Waals surface area contributed by atoms with Crippen molar-refractivity contribution < 1.29 is 30.0 Å². The summed E-state index contributed by atoms with van der Waals surface area (Å²) in [5, 5.41) is 31.0. The molecule has 0 aromatic rings. The zero-order valence-electron chi connectivity index (χ0n) is 6.60. The monoisotopic (exact) mass is 180 g/mol. The van der Waals surface area contributed by atoms with Gasteiger partial charge in [-0.3, -0.25) is 9.59 Å². The van der Waals surface area contributed by atoms with Crippen molar-refractivity contribution in [3.8, 4) is 0 Å². The van der Waals surface area contributed by atoms with E-state index in [4.69, 9.17) is 20.4 Å². The Morgan fingerprint density at radius 3 is 1.33 bits per heavy atom. The Morgan fingerprint density at radius 1 is 1.08 bits per heavy atom. The molecule has 0 saturated heterocycles. The largest absolute Gasteiger partial charge is 0.481 e. The number of carboxylic acids is 2. The van der Waals surface area contributed by atoms with Gasteiger partial charge < -0.3 is 20.4 Å². The molecule has 6 heteroatoms. The van der Waals surface area contributed by atoms with Crippen molar-refractivity contribution in [1.29, 1.82) is 0 Å². The van der Waals surface area contributed by atoms with Crippen molar-refractivity contribution in [2.24, 2.45) is 0 Å². The van der Waals surface area contributed by atoms with Gasteiger partial charge in [-0.25, -0.2) is 0 Å². The minimum absolute atomic E-state index is 0.296. The van der Waals surface area contributed by atoms with Crippen molar-refractivity contribution in [3.05, 3.63) is 0 Å². The Morgan fingerprint density at radius 2 is 1.25 bits per heavy atom. The van der Waals surface area contributed by atoms with Crippen LogP contribution in [-0.4, -0.2) is 38.7 Å². The summed E-state index contributed by atoms with van der Waals surface area (Å²) in [4.78, 5) is 19.3. The first-order valence-electron chi connectivity index (χ1n) is 3.16. The second kappa shape index (κ2) is 7.96. The molecule has 0 aliphatic carbocycles. The predicted octanol–water partition coefficient (Wildman–Crippen LogP) is -0.747. The second-order valence-electron chi connectivity index (χ2n) is 1.92.